The summed E-state index contributed by atoms with van der Waals surface area (Å²) in [5, 5.41) is 12.1. The first-order valence-corrected chi connectivity index (χ1v) is 10.3. The summed E-state index contributed by atoms with van der Waals surface area (Å²) in [4.78, 5) is 16.7. The Bertz CT molecular complexity index is 941. The number of hydrogen-bond acceptors (Lipinski definition) is 6. The molecule has 1 N–H and O–H groups in total. The minimum atomic E-state index is -0.336. The lowest BCUT2D eigenvalue weighted by Crippen LogP contribution is -2.23. The first-order valence-electron chi connectivity index (χ1n) is 9.43. The number of thioether (sulfide) groups is 1. The maximum atomic E-state index is 12.7. The predicted octanol–water partition coefficient (Wildman–Crippen LogP) is 4.12. The molecule has 2 aromatic heterocycles. The van der Waals surface area contributed by atoms with E-state index >= 15 is 0 Å². The van der Waals surface area contributed by atoms with Crippen molar-refractivity contribution in [3.8, 4) is 17.1 Å². The van der Waals surface area contributed by atoms with Crippen LogP contribution in [0.25, 0.3) is 11.4 Å². The normalized spacial score (nSPS) is 12.0. The number of pyridine rings is 1. The fraction of sp³-hybridized carbons (Fsp3) is 0.333. The summed E-state index contributed by atoms with van der Waals surface area (Å²) in [7, 11) is 1.61. The van der Waals surface area contributed by atoms with E-state index < -0.39 is 0 Å². The molecular formula is C21H25N5O2S. The topological polar surface area (TPSA) is 81.9 Å². The number of hydrogen-bond donors (Lipinski definition) is 1. The summed E-state index contributed by atoms with van der Waals surface area (Å²) in [6.45, 7) is 6.92. The highest BCUT2D eigenvalue weighted by Crippen LogP contribution is 2.28. The van der Waals surface area contributed by atoms with Crippen molar-refractivity contribution in [3.63, 3.8) is 0 Å². The zero-order chi connectivity index (χ0) is 20.8. The summed E-state index contributed by atoms with van der Waals surface area (Å²) in [6, 6.07) is 11.1. The van der Waals surface area contributed by atoms with Crippen molar-refractivity contribution in [2.75, 3.05) is 12.4 Å². The van der Waals surface area contributed by atoms with Crippen LogP contribution in [0.5, 0.6) is 5.75 Å². The third-order valence-corrected chi connectivity index (χ3v) is 5.29. The van der Waals surface area contributed by atoms with Crippen LogP contribution in [0.2, 0.25) is 0 Å². The molecule has 0 fully saturated rings. The van der Waals surface area contributed by atoms with Crippen molar-refractivity contribution in [1.29, 1.82) is 0 Å². The van der Waals surface area contributed by atoms with Crippen molar-refractivity contribution in [2.24, 2.45) is 5.92 Å². The maximum absolute atomic E-state index is 12.7. The van der Waals surface area contributed by atoms with Crippen LogP contribution in [-0.4, -0.2) is 38.0 Å². The molecule has 1 atom stereocenters. The highest BCUT2D eigenvalue weighted by Gasteiger charge is 2.21. The van der Waals surface area contributed by atoms with Gasteiger partial charge in [0, 0.05) is 30.2 Å². The average molecular weight is 412 g/mol. The van der Waals surface area contributed by atoms with Crippen LogP contribution in [-0.2, 0) is 11.3 Å². The van der Waals surface area contributed by atoms with Gasteiger partial charge in [-0.05, 0) is 49.2 Å². The Hall–Kier alpha value is -2.87. The van der Waals surface area contributed by atoms with Crippen LogP contribution in [0.3, 0.4) is 0 Å². The molecule has 0 saturated carbocycles. The van der Waals surface area contributed by atoms with Crippen molar-refractivity contribution in [2.45, 2.75) is 37.7 Å². The van der Waals surface area contributed by atoms with Crippen molar-refractivity contribution >= 4 is 23.4 Å². The summed E-state index contributed by atoms with van der Waals surface area (Å²) >= 11 is 1.40. The Kier molecular flexibility index (Phi) is 6.87. The summed E-state index contributed by atoms with van der Waals surface area (Å²) in [6.07, 6.45) is 3.48. The number of carbonyl (C=O) groups excluding carboxylic acids is 1. The number of methoxy groups -OCH3 is 1. The zero-order valence-corrected chi connectivity index (χ0v) is 17.8. The monoisotopic (exact) mass is 411 g/mol. The molecule has 152 valence electrons. The maximum Gasteiger partial charge on any atom is 0.237 e. The van der Waals surface area contributed by atoms with Gasteiger partial charge in [-0.2, -0.15) is 0 Å². The molecule has 1 amide bonds. The molecule has 0 radical (unpaired) electrons. The van der Waals surface area contributed by atoms with E-state index in [1.165, 1.54) is 11.8 Å². The molecule has 1 unspecified atom stereocenters. The molecule has 0 bridgehead atoms. The molecule has 8 heteroatoms. The molecule has 0 aliphatic rings. The number of rotatable bonds is 8. The summed E-state index contributed by atoms with van der Waals surface area (Å²) < 4.78 is 7.22. The Morgan fingerprint density at radius 3 is 2.41 bits per heavy atom. The quantitative estimate of drug-likeness (QED) is 0.562. The Morgan fingerprint density at radius 2 is 1.79 bits per heavy atom. The second-order valence-corrected chi connectivity index (χ2v) is 8.33. The number of amides is 1. The molecule has 0 aliphatic heterocycles. The van der Waals surface area contributed by atoms with Crippen LogP contribution < -0.4 is 10.1 Å². The largest absolute Gasteiger partial charge is 0.497 e. The Labute approximate surface area is 174 Å². The van der Waals surface area contributed by atoms with E-state index in [1.807, 2.05) is 43.3 Å². The highest BCUT2D eigenvalue weighted by molar-refractivity contribution is 8.00. The minimum absolute atomic E-state index is 0.0928. The van der Waals surface area contributed by atoms with Gasteiger partial charge >= 0.3 is 0 Å². The molecule has 7 nitrogen and oxygen atoms in total. The SMILES string of the molecule is COc1ccc(NC(=O)C(C)Sc2nnc(-c3ccncc3)n2CC(C)C)cc1. The first kappa shape index (κ1) is 20.9. The fourth-order valence-corrected chi connectivity index (χ4v) is 3.61. The van der Waals surface area contributed by atoms with Gasteiger partial charge in [0.15, 0.2) is 11.0 Å². The van der Waals surface area contributed by atoms with Crippen molar-refractivity contribution in [3.05, 3.63) is 48.8 Å². The number of nitrogens with zero attached hydrogens (tertiary/aromatic N) is 4. The van der Waals surface area contributed by atoms with Crippen LogP contribution in [0, 0.1) is 5.92 Å². The van der Waals surface area contributed by atoms with E-state index in [0.717, 1.165) is 34.5 Å². The summed E-state index contributed by atoms with van der Waals surface area (Å²) in [5.41, 5.74) is 1.68. The summed E-state index contributed by atoms with van der Waals surface area (Å²) in [5.74, 6) is 1.85. The lowest BCUT2D eigenvalue weighted by molar-refractivity contribution is -0.115. The van der Waals surface area contributed by atoms with Gasteiger partial charge in [0.25, 0.3) is 0 Å². The van der Waals surface area contributed by atoms with E-state index in [-0.39, 0.29) is 11.2 Å². The Balaban J connectivity index is 1.75. The lowest BCUT2D eigenvalue weighted by Gasteiger charge is -2.15. The molecule has 3 aromatic rings. The van der Waals surface area contributed by atoms with E-state index in [2.05, 4.69) is 38.9 Å². The standard InChI is InChI=1S/C21H25N5O2S/c1-14(2)13-26-19(16-9-11-22-12-10-16)24-25-21(26)29-15(3)20(27)23-17-5-7-18(28-4)8-6-17/h5-12,14-15H,13H2,1-4H3,(H,23,27). The number of benzene rings is 1. The predicted molar refractivity (Wildman–Crippen MR) is 115 cm³/mol. The van der Waals surface area contributed by atoms with Gasteiger partial charge in [-0.15, -0.1) is 10.2 Å². The van der Waals surface area contributed by atoms with Gasteiger partial charge < -0.3 is 14.6 Å². The van der Waals surface area contributed by atoms with Gasteiger partial charge in [0.1, 0.15) is 5.75 Å². The van der Waals surface area contributed by atoms with Gasteiger partial charge in [-0.25, -0.2) is 0 Å². The molecule has 0 spiro atoms. The van der Waals surface area contributed by atoms with Gasteiger partial charge in [-0.3, -0.25) is 9.78 Å². The van der Waals surface area contributed by atoms with Crippen LogP contribution in [0.15, 0.2) is 53.9 Å². The number of ether oxygens (including phenoxy) is 1. The minimum Gasteiger partial charge on any atom is -0.497 e. The van der Waals surface area contributed by atoms with E-state index in [0.29, 0.717) is 5.92 Å². The molecular weight excluding hydrogens is 386 g/mol. The molecule has 1 aromatic carbocycles. The number of carbonyl (C=O) groups is 1. The van der Waals surface area contributed by atoms with Crippen molar-refractivity contribution < 1.29 is 9.53 Å². The van der Waals surface area contributed by atoms with Crippen LogP contribution in [0.4, 0.5) is 5.69 Å². The molecule has 2 heterocycles. The van der Waals surface area contributed by atoms with Gasteiger partial charge in [-0.1, -0.05) is 25.6 Å². The smallest absolute Gasteiger partial charge is 0.237 e. The number of nitrogens with one attached hydrogen (secondary N) is 1. The molecule has 0 saturated heterocycles. The van der Waals surface area contributed by atoms with Gasteiger partial charge in [0.2, 0.25) is 5.91 Å². The number of anilines is 1. The third kappa shape index (κ3) is 5.35. The third-order valence-electron chi connectivity index (χ3n) is 4.21. The molecule has 0 aliphatic carbocycles. The highest BCUT2D eigenvalue weighted by atomic mass is 32.2. The molecule has 3 rings (SSSR count). The average Bonchev–Trinajstić information content (AvgIpc) is 3.10. The Morgan fingerprint density at radius 1 is 1.10 bits per heavy atom. The van der Waals surface area contributed by atoms with E-state index in [1.54, 1.807) is 19.5 Å². The van der Waals surface area contributed by atoms with Crippen LogP contribution in [0.1, 0.15) is 20.8 Å². The second-order valence-electron chi connectivity index (χ2n) is 7.02. The second kappa shape index (κ2) is 9.56. The van der Waals surface area contributed by atoms with E-state index in [4.69, 9.17) is 4.74 Å². The van der Waals surface area contributed by atoms with Gasteiger partial charge in [0.05, 0.1) is 12.4 Å². The number of aromatic nitrogens is 4. The van der Waals surface area contributed by atoms with E-state index in [9.17, 15) is 4.79 Å². The lowest BCUT2D eigenvalue weighted by atomic mass is 10.2. The zero-order valence-electron chi connectivity index (χ0n) is 17.0. The van der Waals surface area contributed by atoms with Crippen molar-refractivity contribution in [1.82, 2.24) is 19.7 Å². The van der Waals surface area contributed by atoms with Crippen LogP contribution >= 0.6 is 11.8 Å². The first-order chi connectivity index (χ1) is 14.0. The fourth-order valence-electron chi connectivity index (χ4n) is 2.75. The molecule has 29 heavy (non-hydrogen) atoms.